The van der Waals surface area contributed by atoms with E-state index in [0.717, 1.165) is 10.1 Å². The van der Waals surface area contributed by atoms with E-state index >= 15 is 0 Å². The van der Waals surface area contributed by atoms with E-state index in [2.05, 4.69) is 4.37 Å². The molecule has 1 heterocycles. The van der Waals surface area contributed by atoms with Gasteiger partial charge in [-0.15, -0.1) is 0 Å². The van der Waals surface area contributed by atoms with Crippen molar-refractivity contribution in [2.24, 2.45) is 0 Å². The average molecular weight is 223 g/mol. The van der Waals surface area contributed by atoms with Crippen LogP contribution in [0.25, 0.3) is 10.1 Å². The molecule has 0 bridgehead atoms. The van der Waals surface area contributed by atoms with Crippen LogP contribution in [0.5, 0.6) is 5.75 Å². The molecule has 0 saturated heterocycles. The van der Waals surface area contributed by atoms with E-state index in [1.54, 1.807) is 7.11 Å². The van der Waals surface area contributed by atoms with Crippen molar-refractivity contribution in [2.45, 2.75) is 6.42 Å². The van der Waals surface area contributed by atoms with Gasteiger partial charge in [-0.2, -0.15) is 4.37 Å². The molecule has 1 aromatic heterocycles. The highest BCUT2D eigenvalue weighted by molar-refractivity contribution is 7.13. The highest BCUT2D eigenvalue weighted by Gasteiger charge is 2.10. The second-order valence-electron chi connectivity index (χ2n) is 3.06. The second-order valence-corrected chi connectivity index (χ2v) is 3.87. The van der Waals surface area contributed by atoms with Crippen LogP contribution in [0.1, 0.15) is 5.69 Å². The molecule has 15 heavy (non-hydrogen) atoms. The number of aliphatic carboxylic acids is 1. The summed E-state index contributed by atoms with van der Waals surface area (Å²) in [6, 6.07) is 5.54. The van der Waals surface area contributed by atoms with Gasteiger partial charge in [-0.05, 0) is 29.7 Å². The summed E-state index contributed by atoms with van der Waals surface area (Å²) >= 11 is 1.31. The lowest BCUT2D eigenvalue weighted by molar-refractivity contribution is -0.136. The molecule has 0 amide bonds. The standard InChI is InChI=1S/C10H9NO3S/c1-14-6-2-3-9-7(4-6)8(11-15-9)5-10(12)13/h2-4H,5H2,1H3,(H,12,13). The first-order valence-electron chi connectivity index (χ1n) is 4.35. The fourth-order valence-electron chi connectivity index (χ4n) is 1.37. The number of benzene rings is 1. The fraction of sp³-hybridized carbons (Fsp3) is 0.200. The topological polar surface area (TPSA) is 59.4 Å². The van der Waals surface area contributed by atoms with E-state index in [1.165, 1.54) is 11.5 Å². The van der Waals surface area contributed by atoms with Gasteiger partial charge in [0.05, 0.1) is 23.9 Å². The molecule has 0 radical (unpaired) electrons. The first kappa shape index (κ1) is 9.92. The number of carboxylic acid groups (broad SMARTS) is 1. The number of ether oxygens (including phenoxy) is 1. The lowest BCUT2D eigenvalue weighted by Crippen LogP contribution is -2.00. The van der Waals surface area contributed by atoms with Gasteiger partial charge in [-0.25, -0.2) is 0 Å². The summed E-state index contributed by atoms with van der Waals surface area (Å²) in [6.07, 6.45) is -0.0484. The summed E-state index contributed by atoms with van der Waals surface area (Å²) in [5, 5.41) is 9.57. The van der Waals surface area contributed by atoms with Gasteiger partial charge in [0, 0.05) is 5.39 Å². The summed E-state index contributed by atoms with van der Waals surface area (Å²) in [5.74, 6) is -0.153. The van der Waals surface area contributed by atoms with Gasteiger partial charge in [0.25, 0.3) is 0 Å². The molecule has 0 aliphatic heterocycles. The van der Waals surface area contributed by atoms with Crippen molar-refractivity contribution >= 4 is 27.6 Å². The largest absolute Gasteiger partial charge is 0.497 e. The third kappa shape index (κ3) is 1.92. The molecule has 0 aliphatic rings. The van der Waals surface area contributed by atoms with Crippen LogP contribution in [0.3, 0.4) is 0 Å². The predicted octanol–water partition coefficient (Wildman–Crippen LogP) is 1.93. The minimum Gasteiger partial charge on any atom is -0.497 e. The maximum atomic E-state index is 10.6. The van der Waals surface area contributed by atoms with Gasteiger partial charge in [-0.1, -0.05) is 0 Å². The molecule has 1 aromatic carbocycles. The van der Waals surface area contributed by atoms with E-state index in [-0.39, 0.29) is 6.42 Å². The van der Waals surface area contributed by atoms with Crippen molar-refractivity contribution in [2.75, 3.05) is 7.11 Å². The Labute approximate surface area is 90.3 Å². The number of hydrogen-bond acceptors (Lipinski definition) is 4. The van der Waals surface area contributed by atoms with Crippen molar-refractivity contribution in [1.29, 1.82) is 0 Å². The number of methoxy groups -OCH3 is 1. The normalized spacial score (nSPS) is 10.5. The highest BCUT2D eigenvalue weighted by Crippen LogP contribution is 2.27. The fourth-order valence-corrected chi connectivity index (χ4v) is 2.14. The molecule has 0 saturated carbocycles. The summed E-state index contributed by atoms with van der Waals surface area (Å²) in [7, 11) is 1.58. The lowest BCUT2D eigenvalue weighted by Gasteiger charge is -1.99. The third-order valence-electron chi connectivity index (χ3n) is 2.07. The van der Waals surface area contributed by atoms with Crippen LogP contribution in [0.2, 0.25) is 0 Å². The van der Waals surface area contributed by atoms with Crippen LogP contribution in [-0.4, -0.2) is 22.6 Å². The van der Waals surface area contributed by atoms with Crippen LogP contribution < -0.4 is 4.74 Å². The Kier molecular flexibility index (Phi) is 2.55. The van der Waals surface area contributed by atoms with Gasteiger partial charge in [0.1, 0.15) is 5.75 Å². The average Bonchev–Trinajstić information content (AvgIpc) is 2.60. The molecule has 4 nitrogen and oxygen atoms in total. The summed E-state index contributed by atoms with van der Waals surface area (Å²) in [6.45, 7) is 0. The van der Waals surface area contributed by atoms with Crippen LogP contribution in [0, 0.1) is 0 Å². The van der Waals surface area contributed by atoms with Crippen LogP contribution in [-0.2, 0) is 11.2 Å². The Balaban J connectivity index is 2.51. The zero-order valence-electron chi connectivity index (χ0n) is 8.06. The first-order valence-corrected chi connectivity index (χ1v) is 5.12. The van der Waals surface area contributed by atoms with E-state index in [0.29, 0.717) is 11.4 Å². The SMILES string of the molecule is COc1ccc2snc(CC(=O)O)c2c1. The van der Waals surface area contributed by atoms with Crippen LogP contribution >= 0.6 is 11.5 Å². The van der Waals surface area contributed by atoms with Crippen molar-refractivity contribution in [3.63, 3.8) is 0 Å². The highest BCUT2D eigenvalue weighted by atomic mass is 32.1. The Morgan fingerprint density at radius 1 is 1.60 bits per heavy atom. The van der Waals surface area contributed by atoms with E-state index < -0.39 is 5.97 Å². The Bertz CT molecular complexity index is 506. The quantitative estimate of drug-likeness (QED) is 0.863. The number of fused-ring (bicyclic) bond motifs is 1. The van der Waals surface area contributed by atoms with Gasteiger partial charge in [-0.3, -0.25) is 4.79 Å². The number of hydrogen-bond donors (Lipinski definition) is 1. The van der Waals surface area contributed by atoms with Crippen LogP contribution in [0.15, 0.2) is 18.2 Å². The Hall–Kier alpha value is -1.62. The smallest absolute Gasteiger partial charge is 0.309 e. The van der Waals surface area contributed by atoms with E-state index in [1.807, 2.05) is 18.2 Å². The molecule has 0 aliphatic carbocycles. The van der Waals surface area contributed by atoms with E-state index in [9.17, 15) is 4.79 Å². The number of carbonyl (C=O) groups is 1. The summed E-state index contributed by atoms with van der Waals surface area (Å²) in [5.41, 5.74) is 0.599. The molecular formula is C10H9NO3S. The minimum atomic E-state index is -0.870. The Morgan fingerprint density at radius 2 is 2.40 bits per heavy atom. The molecule has 78 valence electrons. The van der Waals surface area contributed by atoms with Crippen molar-refractivity contribution in [1.82, 2.24) is 4.37 Å². The molecule has 1 N–H and O–H groups in total. The molecule has 0 atom stereocenters. The molecule has 0 unspecified atom stereocenters. The van der Waals surface area contributed by atoms with Crippen molar-refractivity contribution in [3.05, 3.63) is 23.9 Å². The number of carboxylic acids is 1. The molecular weight excluding hydrogens is 214 g/mol. The summed E-state index contributed by atoms with van der Waals surface area (Å²) < 4.78 is 10.2. The van der Waals surface area contributed by atoms with Gasteiger partial charge < -0.3 is 9.84 Å². The zero-order valence-corrected chi connectivity index (χ0v) is 8.87. The maximum absolute atomic E-state index is 10.6. The van der Waals surface area contributed by atoms with E-state index in [4.69, 9.17) is 9.84 Å². The lowest BCUT2D eigenvalue weighted by atomic mass is 10.2. The summed E-state index contributed by atoms with van der Waals surface area (Å²) in [4.78, 5) is 10.6. The van der Waals surface area contributed by atoms with Crippen molar-refractivity contribution in [3.8, 4) is 5.75 Å². The van der Waals surface area contributed by atoms with Gasteiger partial charge in [0.2, 0.25) is 0 Å². The maximum Gasteiger partial charge on any atom is 0.309 e. The van der Waals surface area contributed by atoms with Crippen molar-refractivity contribution < 1.29 is 14.6 Å². The molecule has 5 heteroatoms. The monoisotopic (exact) mass is 223 g/mol. The number of rotatable bonds is 3. The molecule has 0 spiro atoms. The number of aromatic nitrogens is 1. The van der Waals surface area contributed by atoms with Crippen LogP contribution in [0.4, 0.5) is 0 Å². The molecule has 2 rings (SSSR count). The molecule has 0 fully saturated rings. The third-order valence-corrected chi connectivity index (χ3v) is 2.93. The second kappa shape index (κ2) is 3.86. The Morgan fingerprint density at radius 3 is 3.07 bits per heavy atom. The zero-order chi connectivity index (χ0) is 10.8. The first-order chi connectivity index (χ1) is 7.20. The number of nitrogens with zero attached hydrogens (tertiary/aromatic N) is 1. The van der Waals surface area contributed by atoms with Gasteiger partial charge >= 0.3 is 5.97 Å². The predicted molar refractivity (Wildman–Crippen MR) is 57.5 cm³/mol. The molecule has 2 aromatic rings. The minimum absolute atomic E-state index is 0.0484. The van der Waals surface area contributed by atoms with Gasteiger partial charge in [0.15, 0.2) is 0 Å².